The number of anilines is 1. The first-order valence-corrected chi connectivity index (χ1v) is 22.8. The largest absolute Gasteiger partial charge is 0.370 e. The van der Waals surface area contributed by atoms with Crippen LogP contribution in [0.25, 0.3) is 5.57 Å². The molecule has 5 aliphatic heterocycles. The fourth-order valence-electron chi connectivity index (χ4n) is 11.0. The van der Waals surface area contributed by atoms with E-state index in [0.717, 1.165) is 66.6 Å². The molecule has 3 fully saturated rings. The Morgan fingerprint density at radius 1 is 0.873 bits per heavy atom. The Hall–Kier alpha value is -5.04. The zero-order chi connectivity index (χ0) is 44.7. The van der Waals surface area contributed by atoms with Crippen molar-refractivity contribution in [3.05, 3.63) is 105 Å². The summed E-state index contributed by atoms with van der Waals surface area (Å²) in [7, 11) is 0. The predicted molar refractivity (Wildman–Crippen MR) is 234 cm³/mol. The van der Waals surface area contributed by atoms with Crippen LogP contribution in [0.15, 0.2) is 54.1 Å². The van der Waals surface area contributed by atoms with Crippen LogP contribution in [-0.2, 0) is 33.8 Å². The van der Waals surface area contributed by atoms with E-state index < -0.39 is 36.7 Å². The molecular weight excluding hydrogens is 811 g/mol. The molecule has 3 aromatic carbocycles. The summed E-state index contributed by atoms with van der Waals surface area (Å²) in [5.74, 6) is -1.91. The minimum Gasteiger partial charge on any atom is -0.370 e. The standard InChI is InChI=1S/C32H39F4N3O.C18H20N2O3/c1-5-29(40)37-12-10-32(11-13-37)18-38(19-32)23-15-26(33)30(27(34)16-23)31-22(4)25(24-9-7-6-8-20(24)2)14-21(3)39(31)17-28(35)36;21-16-7-6-15(17(22)19-16)20-10-13-8-11-4-2-1-3-5-12(11)9-14(13)18(20)23/h6-9,15-16,21,28,31H,5,10-14,17-19H2,1-4H3;8-9,15H,1-7,10H2,(H,19,21,22)/t21?,31-;/m1./s1. The smallest absolute Gasteiger partial charge is 0.255 e. The Balaban J connectivity index is 0.000000199. The van der Waals surface area contributed by atoms with Gasteiger partial charge in [-0.05, 0) is 129 Å². The number of halogens is 4. The number of fused-ring (bicyclic) bond motifs is 2. The van der Waals surface area contributed by atoms with E-state index in [0.29, 0.717) is 56.6 Å². The van der Waals surface area contributed by atoms with Gasteiger partial charge in [-0.3, -0.25) is 29.4 Å². The van der Waals surface area contributed by atoms with Crippen LogP contribution < -0.4 is 10.2 Å². The van der Waals surface area contributed by atoms with Gasteiger partial charge in [0.15, 0.2) is 0 Å². The Kier molecular flexibility index (Phi) is 12.9. The van der Waals surface area contributed by atoms with E-state index in [1.807, 2.05) is 67.8 Å². The average molecular weight is 870 g/mol. The normalized spacial score (nSPS) is 23.5. The highest BCUT2D eigenvalue weighted by atomic mass is 19.3. The van der Waals surface area contributed by atoms with Crippen LogP contribution in [0.5, 0.6) is 0 Å². The lowest BCUT2D eigenvalue weighted by Crippen LogP contribution is -2.61. The second-order valence-corrected chi connectivity index (χ2v) is 18.7. The fourth-order valence-corrected chi connectivity index (χ4v) is 11.0. The van der Waals surface area contributed by atoms with Crippen LogP contribution >= 0.6 is 0 Å². The summed E-state index contributed by atoms with van der Waals surface area (Å²) in [6, 6.07) is 13.0. The summed E-state index contributed by atoms with van der Waals surface area (Å²) in [5.41, 5.74) is 8.49. The Morgan fingerprint density at radius 2 is 1.54 bits per heavy atom. The van der Waals surface area contributed by atoms with E-state index in [-0.39, 0.29) is 40.6 Å². The fraction of sp³-hybridized carbons (Fsp3) is 0.520. The molecule has 9 rings (SSSR count). The molecule has 6 aliphatic rings. The van der Waals surface area contributed by atoms with Crippen molar-refractivity contribution >= 4 is 34.9 Å². The molecule has 3 atom stereocenters. The molecule has 1 N–H and O–H groups in total. The number of benzene rings is 3. The number of amides is 4. The van der Waals surface area contributed by atoms with Crippen molar-refractivity contribution in [3.8, 4) is 0 Å². The Bertz CT molecular complexity index is 2290. The van der Waals surface area contributed by atoms with Crippen molar-refractivity contribution < 1.29 is 36.7 Å². The quantitative estimate of drug-likeness (QED) is 0.145. The SMILES string of the molecule is CCC(=O)N1CCC2(CC1)CN(c1cc(F)c([C@H]3C(C)=C(c4ccccc4C)CC(C)N3CC(F)F)c(F)c1)C2.O=C1CCC(N2Cc3cc4c(cc3C2=O)CCCCC4)C(=O)N1. The number of hydrogen-bond acceptors (Lipinski definition) is 6. The summed E-state index contributed by atoms with van der Waals surface area (Å²) >= 11 is 0. The molecule has 3 saturated heterocycles. The number of aryl methyl sites for hydroxylation is 3. The highest BCUT2D eigenvalue weighted by Gasteiger charge is 2.46. The number of carbonyl (C=O) groups is 4. The van der Waals surface area contributed by atoms with Crippen LogP contribution in [0.2, 0.25) is 0 Å². The van der Waals surface area contributed by atoms with E-state index in [1.165, 1.54) is 42.5 Å². The number of rotatable bonds is 7. The minimum absolute atomic E-state index is 0.0603. The molecule has 0 radical (unpaired) electrons. The summed E-state index contributed by atoms with van der Waals surface area (Å²) in [4.78, 5) is 55.2. The van der Waals surface area contributed by atoms with Gasteiger partial charge in [0.1, 0.15) is 17.7 Å². The van der Waals surface area contributed by atoms with Gasteiger partial charge in [-0.2, -0.15) is 0 Å². The predicted octanol–water partition coefficient (Wildman–Crippen LogP) is 8.70. The number of imide groups is 1. The van der Waals surface area contributed by atoms with Crippen molar-refractivity contribution in [2.75, 3.05) is 37.6 Å². The van der Waals surface area contributed by atoms with Gasteiger partial charge in [0.2, 0.25) is 17.7 Å². The average Bonchev–Trinajstić information content (AvgIpc) is 3.38. The van der Waals surface area contributed by atoms with Gasteiger partial charge >= 0.3 is 0 Å². The molecule has 336 valence electrons. The maximum absolute atomic E-state index is 15.9. The number of piperidine rings is 2. The number of carbonyl (C=O) groups excluding carboxylic acids is 4. The Labute approximate surface area is 367 Å². The van der Waals surface area contributed by atoms with Gasteiger partial charge in [-0.15, -0.1) is 0 Å². The zero-order valence-corrected chi connectivity index (χ0v) is 36.9. The molecule has 5 heterocycles. The van der Waals surface area contributed by atoms with Crippen LogP contribution in [0, 0.1) is 24.0 Å². The minimum atomic E-state index is -2.63. The number of nitrogens with zero attached hydrogens (tertiary/aromatic N) is 4. The third-order valence-corrected chi connectivity index (χ3v) is 14.6. The van der Waals surface area contributed by atoms with E-state index in [9.17, 15) is 28.0 Å². The number of hydrogen-bond donors (Lipinski definition) is 1. The van der Waals surface area contributed by atoms with E-state index in [1.54, 1.807) is 9.80 Å². The van der Waals surface area contributed by atoms with Gasteiger partial charge in [0.05, 0.1) is 12.6 Å². The lowest BCUT2D eigenvalue weighted by molar-refractivity contribution is -0.137. The molecule has 3 aromatic rings. The van der Waals surface area contributed by atoms with Gasteiger partial charge < -0.3 is 14.7 Å². The summed E-state index contributed by atoms with van der Waals surface area (Å²) in [6.45, 7) is 10.3. The van der Waals surface area contributed by atoms with Crippen molar-refractivity contribution in [3.63, 3.8) is 0 Å². The highest BCUT2D eigenvalue weighted by Crippen LogP contribution is 2.47. The van der Waals surface area contributed by atoms with Gasteiger partial charge in [-0.1, -0.05) is 43.7 Å². The highest BCUT2D eigenvalue weighted by molar-refractivity contribution is 6.05. The zero-order valence-electron chi connectivity index (χ0n) is 36.9. The van der Waals surface area contributed by atoms with Crippen LogP contribution in [0.3, 0.4) is 0 Å². The second kappa shape index (κ2) is 18.2. The van der Waals surface area contributed by atoms with Crippen molar-refractivity contribution in [2.24, 2.45) is 5.41 Å². The van der Waals surface area contributed by atoms with E-state index >= 15 is 8.78 Å². The topological polar surface area (TPSA) is 93.3 Å². The molecule has 4 amide bonds. The molecule has 13 heteroatoms. The van der Waals surface area contributed by atoms with Gasteiger partial charge in [0.25, 0.3) is 12.3 Å². The number of alkyl halides is 2. The summed E-state index contributed by atoms with van der Waals surface area (Å²) in [5, 5.41) is 2.35. The van der Waals surface area contributed by atoms with Crippen molar-refractivity contribution in [1.82, 2.24) is 20.0 Å². The summed E-state index contributed by atoms with van der Waals surface area (Å²) < 4.78 is 59.2. The Morgan fingerprint density at radius 3 is 2.17 bits per heavy atom. The lowest BCUT2D eigenvalue weighted by atomic mass is 9.71. The maximum atomic E-state index is 15.9. The van der Waals surface area contributed by atoms with Crippen molar-refractivity contribution in [2.45, 2.75) is 129 Å². The van der Waals surface area contributed by atoms with E-state index in [4.69, 9.17) is 0 Å². The number of nitrogens with one attached hydrogen (secondary N) is 1. The van der Waals surface area contributed by atoms with E-state index in [2.05, 4.69) is 11.4 Å². The third kappa shape index (κ3) is 8.91. The van der Waals surface area contributed by atoms with Gasteiger partial charge in [-0.25, -0.2) is 17.6 Å². The van der Waals surface area contributed by atoms with Crippen molar-refractivity contribution in [1.29, 1.82) is 0 Å². The monoisotopic (exact) mass is 869 g/mol. The molecule has 0 bridgehead atoms. The maximum Gasteiger partial charge on any atom is 0.255 e. The molecule has 0 saturated carbocycles. The second-order valence-electron chi connectivity index (χ2n) is 18.7. The third-order valence-electron chi connectivity index (χ3n) is 14.6. The lowest BCUT2D eigenvalue weighted by Gasteiger charge is -2.55. The van der Waals surface area contributed by atoms with Crippen LogP contribution in [-0.4, -0.2) is 89.6 Å². The first kappa shape index (κ1) is 44.6. The molecule has 9 nitrogen and oxygen atoms in total. The van der Waals surface area contributed by atoms with Gasteiger partial charge in [0, 0.05) is 73.8 Å². The molecule has 1 aliphatic carbocycles. The van der Waals surface area contributed by atoms with Crippen LogP contribution in [0.4, 0.5) is 23.2 Å². The molecule has 0 aromatic heterocycles. The first-order valence-electron chi connectivity index (χ1n) is 22.8. The molecule has 1 spiro atoms. The molecular formula is C50H59F4N5O4. The number of likely N-dealkylation sites (tertiary alicyclic amines) is 1. The van der Waals surface area contributed by atoms with Crippen LogP contribution in [0.1, 0.15) is 128 Å². The molecule has 2 unspecified atom stereocenters. The summed E-state index contributed by atoms with van der Waals surface area (Å²) in [6.07, 6.45) is 6.63. The molecule has 63 heavy (non-hydrogen) atoms. The first-order chi connectivity index (χ1) is 30.2.